The quantitative estimate of drug-likeness (QED) is 0.646. The molecule has 4 rings (SSSR count). The van der Waals surface area contributed by atoms with Crippen LogP contribution >= 0.6 is 0 Å². The van der Waals surface area contributed by atoms with Crippen LogP contribution in [0.25, 0.3) is 10.9 Å². The van der Waals surface area contributed by atoms with Gasteiger partial charge in [0.15, 0.2) is 11.5 Å². The minimum Gasteiger partial charge on any atom is -0.493 e. The first kappa shape index (κ1) is 19.1. The number of hydrogen-bond donors (Lipinski definition) is 2. The van der Waals surface area contributed by atoms with Gasteiger partial charge in [0.2, 0.25) is 5.75 Å². The summed E-state index contributed by atoms with van der Waals surface area (Å²) in [6, 6.07) is 11.1. The molecule has 0 saturated carbocycles. The Labute approximate surface area is 168 Å². The van der Waals surface area contributed by atoms with E-state index in [4.69, 9.17) is 18.9 Å². The molecule has 7 nitrogen and oxygen atoms in total. The zero-order chi connectivity index (χ0) is 20.5. The number of benzene rings is 2. The highest BCUT2D eigenvalue weighted by Crippen LogP contribution is 2.43. The topological polar surface area (TPSA) is 81.8 Å². The monoisotopic (exact) mass is 396 g/mol. The number of carbonyl (C=O) groups is 1. The molecule has 1 aliphatic rings. The minimum absolute atomic E-state index is 0.274. The zero-order valence-corrected chi connectivity index (χ0v) is 16.9. The van der Waals surface area contributed by atoms with E-state index in [1.54, 1.807) is 21.3 Å². The number of H-pyrrole nitrogens is 1. The number of para-hydroxylation sites is 1. The maximum absolute atomic E-state index is 12.4. The molecule has 0 fully saturated rings. The van der Waals surface area contributed by atoms with Crippen molar-refractivity contribution in [2.75, 3.05) is 28.4 Å². The number of carbonyl (C=O) groups excluding carboxylic acids is 1. The van der Waals surface area contributed by atoms with E-state index in [2.05, 4.69) is 16.4 Å². The Hall–Kier alpha value is -3.19. The van der Waals surface area contributed by atoms with Crippen LogP contribution in [-0.4, -0.2) is 45.4 Å². The lowest BCUT2D eigenvalue weighted by molar-refractivity contribution is -0.143. The van der Waals surface area contributed by atoms with Gasteiger partial charge in [-0.2, -0.15) is 0 Å². The molecule has 2 heterocycles. The van der Waals surface area contributed by atoms with Crippen molar-refractivity contribution >= 4 is 16.9 Å². The van der Waals surface area contributed by atoms with Crippen LogP contribution in [0.1, 0.15) is 22.9 Å². The van der Waals surface area contributed by atoms with Crippen LogP contribution in [0, 0.1) is 0 Å². The van der Waals surface area contributed by atoms with Crippen molar-refractivity contribution in [3.05, 3.63) is 53.2 Å². The fraction of sp³-hybridized carbons (Fsp3) is 0.318. The molecule has 152 valence electrons. The molecule has 29 heavy (non-hydrogen) atoms. The molecule has 0 saturated heterocycles. The average Bonchev–Trinajstić information content (AvgIpc) is 3.15. The van der Waals surface area contributed by atoms with Crippen molar-refractivity contribution in [1.82, 2.24) is 10.3 Å². The Morgan fingerprint density at radius 1 is 1.00 bits per heavy atom. The Balaban J connectivity index is 1.90. The lowest BCUT2D eigenvalue weighted by atomic mass is 9.90. The first-order chi connectivity index (χ1) is 14.1. The van der Waals surface area contributed by atoms with E-state index >= 15 is 0 Å². The highest BCUT2D eigenvalue weighted by Gasteiger charge is 2.35. The van der Waals surface area contributed by atoms with Crippen molar-refractivity contribution in [1.29, 1.82) is 0 Å². The van der Waals surface area contributed by atoms with Crippen LogP contribution in [-0.2, 0) is 16.0 Å². The molecular formula is C22H24N2O5. The largest absolute Gasteiger partial charge is 0.493 e. The molecule has 0 spiro atoms. The Bertz CT molecular complexity index is 1030. The van der Waals surface area contributed by atoms with Crippen LogP contribution in [0.3, 0.4) is 0 Å². The summed E-state index contributed by atoms with van der Waals surface area (Å²) in [5.74, 6) is 1.34. The van der Waals surface area contributed by atoms with E-state index in [-0.39, 0.29) is 12.0 Å². The van der Waals surface area contributed by atoms with Gasteiger partial charge in [-0.05, 0) is 29.3 Å². The number of esters is 1. The third-order valence-electron chi connectivity index (χ3n) is 5.42. The molecular weight excluding hydrogens is 372 g/mol. The maximum atomic E-state index is 12.4. The summed E-state index contributed by atoms with van der Waals surface area (Å²) in [6.45, 7) is 0. The fourth-order valence-corrected chi connectivity index (χ4v) is 4.06. The lowest BCUT2D eigenvalue weighted by Crippen LogP contribution is -2.45. The third-order valence-corrected chi connectivity index (χ3v) is 5.42. The van der Waals surface area contributed by atoms with Crippen molar-refractivity contribution in [2.45, 2.75) is 18.5 Å². The number of aromatic nitrogens is 1. The number of fused-ring (bicyclic) bond motifs is 3. The third kappa shape index (κ3) is 3.17. The van der Waals surface area contributed by atoms with E-state index in [9.17, 15) is 4.79 Å². The van der Waals surface area contributed by atoms with Gasteiger partial charge in [-0.1, -0.05) is 18.2 Å². The molecule has 0 unspecified atom stereocenters. The second-order valence-corrected chi connectivity index (χ2v) is 6.90. The summed E-state index contributed by atoms with van der Waals surface area (Å²) in [7, 11) is 6.15. The molecule has 7 heteroatoms. The van der Waals surface area contributed by atoms with Crippen molar-refractivity contribution < 1.29 is 23.7 Å². The molecule has 3 aromatic rings. The summed E-state index contributed by atoms with van der Waals surface area (Å²) in [5.41, 5.74) is 4.04. The molecule has 2 atom stereocenters. The number of ether oxygens (including phenoxy) is 4. The molecule has 2 N–H and O–H groups in total. The Morgan fingerprint density at radius 2 is 1.69 bits per heavy atom. The van der Waals surface area contributed by atoms with Crippen LogP contribution < -0.4 is 19.5 Å². The number of hydrogen-bond acceptors (Lipinski definition) is 6. The smallest absolute Gasteiger partial charge is 0.323 e. The summed E-state index contributed by atoms with van der Waals surface area (Å²) < 4.78 is 21.5. The zero-order valence-electron chi connectivity index (χ0n) is 16.9. The highest BCUT2D eigenvalue weighted by molar-refractivity contribution is 5.87. The summed E-state index contributed by atoms with van der Waals surface area (Å²) in [6.07, 6.45) is 0.549. The van der Waals surface area contributed by atoms with Crippen LogP contribution in [0.15, 0.2) is 36.4 Å². The van der Waals surface area contributed by atoms with Gasteiger partial charge in [-0.3, -0.25) is 10.1 Å². The molecule has 0 radical (unpaired) electrons. The highest BCUT2D eigenvalue weighted by atomic mass is 16.5. The standard InChI is InChI=1S/C22H24N2O5/c1-26-17-9-12(10-18(27-2)21(17)28-3)19-20-14(11-16(24-19)22(25)29-4)13-7-5-6-8-15(13)23-20/h5-10,16,19,23-24H,11H2,1-4H3/t16-,19+/m0/s1. The van der Waals surface area contributed by atoms with E-state index < -0.39 is 6.04 Å². The van der Waals surface area contributed by atoms with Gasteiger partial charge in [0, 0.05) is 23.0 Å². The molecule has 1 aromatic heterocycles. The second kappa shape index (κ2) is 7.67. The first-order valence-corrected chi connectivity index (χ1v) is 9.34. The SMILES string of the molecule is COC(=O)[C@@H]1Cc2c([nH]c3ccccc23)[C@@H](c2cc(OC)c(OC)c(OC)c2)N1. The number of methoxy groups -OCH3 is 4. The number of rotatable bonds is 5. The Kier molecular flexibility index (Phi) is 5.07. The molecule has 0 amide bonds. The van der Waals surface area contributed by atoms with Gasteiger partial charge < -0.3 is 23.9 Å². The van der Waals surface area contributed by atoms with Gasteiger partial charge in [0.1, 0.15) is 6.04 Å². The maximum Gasteiger partial charge on any atom is 0.323 e. The van der Waals surface area contributed by atoms with E-state index in [0.717, 1.165) is 27.7 Å². The molecule has 2 aromatic carbocycles. The van der Waals surface area contributed by atoms with Crippen molar-refractivity contribution in [2.24, 2.45) is 0 Å². The Morgan fingerprint density at radius 3 is 2.31 bits per heavy atom. The van der Waals surface area contributed by atoms with E-state index in [1.165, 1.54) is 7.11 Å². The van der Waals surface area contributed by atoms with E-state index in [0.29, 0.717) is 23.7 Å². The fourth-order valence-electron chi connectivity index (χ4n) is 4.06. The first-order valence-electron chi connectivity index (χ1n) is 9.34. The van der Waals surface area contributed by atoms with Gasteiger partial charge in [-0.15, -0.1) is 0 Å². The van der Waals surface area contributed by atoms with Gasteiger partial charge in [-0.25, -0.2) is 0 Å². The normalized spacial score (nSPS) is 18.2. The minimum atomic E-state index is -0.462. The molecule has 1 aliphatic heterocycles. The van der Waals surface area contributed by atoms with E-state index in [1.807, 2.05) is 30.3 Å². The summed E-state index contributed by atoms with van der Waals surface area (Å²) in [4.78, 5) is 15.9. The molecule has 0 aliphatic carbocycles. The number of aromatic amines is 1. The van der Waals surface area contributed by atoms with Gasteiger partial charge in [0.05, 0.1) is 34.5 Å². The number of nitrogens with one attached hydrogen (secondary N) is 2. The van der Waals surface area contributed by atoms with Crippen molar-refractivity contribution in [3.63, 3.8) is 0 Å². The summed E-state index contributed by atoms with van der Waals surface area (Å²) in [5, 5.41) is 4.53. The van der Waals surface area contributed by atoms with Crippen LogP contribution in [0.5, 0.6) is 17.2 Å². The van der Waals surface area contributed by atoms with Gasteiger partial charge in [0.25, 0.3) is 0 Å². The predicted octanol–water partition coefficient (Wildman–Crippen LogP) is 2.97. The second-order valence-electron chi connectivity index (χ2n) is 6.90. The average molecular weight is 396 g/mol. The van der Waals surface area contributed by atoms with Crippen molar-refractivity contribution in [3.8, 4) is 17.2 Å². The van der Waals surface area contributed by atoms with Gasteiger partial charge >= 0.3 is 5.97 Å². The summed E-state index contributed by atoms with van der Waals surface area (Å²) >= 11 is 0. The van der Waals surface area contributed by atoms with Crippen LogP contribution in [0.2, 0.25) is 0 Å². The lowest BCUT2D eigenvalue weighted by Gasteiger charge is -2.31. The molecule has 0 bridgehead atoms. The predicted molar refractivity (Wildman–Crippen MR) is 109 cm³/mol. The van der Waals surface area contributed by atoms with Crippen LogP contribution in [0.4, 0.5) is 0 Å².